The molecule has 144 valence electrons. The minimum Gasteiger partial charge on any atom is -0.439 e. The van der Waals surface area contributed by atoms with Gasteiger partial charge in [-0.05, 0) is 17.7 Å². The summed E-state index contributed by atoms with van der Waals surface area (Å²) < 4.78 is 5.89. The summed E-state index contributed by atoms with van der Waals surface area (Å²) in [6.07, 6.45) is 2.19. The minimum absolute atomic E-state index is 0.159. The van der Waals surface area contributed by atoms with Gasteiger partial charge in [0.05, 0.1) is 19.2 Å². The fraction of sp³-hybridized carbons (Fsp3) is 0.273. The van der Waals surface area contributed by atoms with Crippen molar-refractivity contribution in [2.24, 2.45) is 0 Å². The Kier molecular flexibility index (Phi) is 5.39. The molecule has 0 unspecified atom stereocenters. The highest BCUT2D eigenvalue weighted by molar-refractivity contribution is 5.79. The van der Waals surface area contributed by atoms with Crippen LogP contribution in [0.2, 0.25) is 0 Å². The molecule has 1 fully saturated rings. The van der Waals surface area contributed by atoms with Crippen LogP contribution in [-0.4, -0.2) is 46.9 Å². The molecule has 2 N–H and O–H groups in total. The quantitative estimate of drug-likeness (QED) is 0.693. The van der Waals surface area contributed by atoms with Crippen LogP contribution in [0.15, 0.2) is 65.2 Å². The van der Waals surface area contributed by atoms with Crippen molar-refractivity contribution in [1.82, 2.24) is 14.8 Å². The molecule has 0 radical (unpaired) electrons. The smallest absolute Gasteiger partial charge is 0.227 e. The van der Waals surface area contributed by atoms with Gasteiger partial charge in [-0.15, -0.1) is 0 Å². The molecule has 4 rings (SSSR count). The van der Waals surface area contributed by atoms with Crippen molar-refractivity contribution in [3.63, 3.8) is 0 Å². The molecule has 1 saturated heterocycles. The summed E-state index contributed by atoms with van der Waals surface area (Å²) >= 11 is 0. The maximum atomic E-state index is 12.5. The van der Waals surface area contributed by atoms with E-state index in [1.165, 1.54) is 0 Å². The van der Waals surface area contributed by atoms with Crippen molar-refractivity contribution >= 4 is 11.6 Å². The number of aromatic nitrogens is 1. The van der Waals surface area contributed by atoms with Crippen LogP contribution < -0.4 is 5.73 Å². The average molecular weight is 376 g/mol. The number of benzene rings is 2. The van der Waals surface area contributed by atoms with E-state index in [9.17, 15) is 4.79 Å². The van der Waals surface area contributed by atoms with Gasteiger partial charge < -0.3 is 15.1 Å². The molecule has 3 aromatic rings. The number of anilines is 1. The van der Waals surface area contributed by atoms with Gasteiger partial charge in [-0.25, -0.2) is 4.98 Å². The third kappa shape index (κ3) is 4.40. The zero-order valence-corrected chi connectivity index (χ0v) is 15.8. The van der Waals surface area contributed by atoms with Gasteiger partial charge in [-0.3, -0.25) is 9.69 Å². The van der Waals surface area contributed by atoms with Gasteiger partial charge in [-0.1, -0.05) is 42.5 Å². The lowest BCUT2D eigenvalue weighted by atomic mass is 10.1. The van der Waals surface area contributed by atoms with Gasteiger partial charge in [0, 0.05) is 37.4 Å². The number of rotatable bonds is 5. The second-order valence-electron chi connectivity index (χ2n) is 7.06. The van der Waals surface area contributed by atoms with Crippen molar-refractivity contribution in [3.05, 3.63) is 72.2 Å². The second kappa shape index (κ2) is 8.27. The Morgan fingerprint density at radius 2 is 1.71 bits per heavy atom. The molecule has 1 aliphatic rings. The number of oxazole rings is 1. The fourth-order valence-electron chi connectivity index (χ4n) is 3.39. The Labute approximate surface area is 164 Å². The molecular formula is C22H24N4O2. The zero-order valence-electron chi connectivity index (χ0n) is 15.8. The summed E-state index contributed by atoms with van der Waals surface area (Å²) in [5.41, 5.74) is 8.44. The van der Waals surface area contributed by atoms with E-state index < -0.39 is 0 Å². The Morgan fingerprint density at radius 3 is 2.43 bits per heavy atom. The van der Waals surface area contributed by atoms with E-state index >= 15 is 0 Å². The first-order valence-electron chi connectivity index (χ1n) is 9.52. The molecule has 6 heteroatoms. The first-order chi connectivity index (χ1) is 13.7. The first-order valence-corrected chi connectivity index (χ1v) is 9.52. The monoisotopic (exact) mass is 376 g/mol. The largest absolute Gasteiger partial charge is 0.439 e. The molecule has 2 heterocycles. The summed E-state index contributed by atoms with van der Waals surface area (Å²) in [5, 5.41) is 0. The molecule has 1 amide bonds. The van der Waals surface area contributed by atoms with Gasteiger partial charge in [-0.2, -0.15) is 0 Å². The molecule has 1 aliphatic heterocycles. The highest BCUT2D eigenvalue weighted by Gasteiger charge is 2.22. The number of carbonyl (C=O) groups excluding carboxylic acids is 1. The summed E-state index contributed by atoms with van der Waals surface area (Å²) in [6.45, 7) is 3.74. The molecule has 28 heavy (non-hydrogen) atoms. The molecule has 1 aromatic heterocycles. The maximum Gasteiger partial charge on any atom is 0.227 e. The van der Waals surface area contributed by atoms with Gasteiger partial charge >= 0.3 is 0 Å². The van der Waals surface area contributed by atoms with Crippen LogP contribution >= 0.6 is 0 Å². The standard InChI is InChI=1S/C22H24N4O2/c23-19-8-6-17(7-9-19)14-22(27)26-12-10-25(11-13-26)16-21-24-15-20(28-21)18-4-2-1-3-5-18/h1-9,15H,10-14,16,23H2. The van der Waals surface area contributed by atoms with Crippen LogP contribution in [0.1, 0.15) is 11.5 Å². The van der Waals surface area contributed by atoms with E-state index in [4.69, 9.17) is 10.2 Å². The Hall–Kier alpha value is -3.12. The number of nitrogens with zero attached hydrogens (tertiary/aromatic N) is 3. The minimum atomic E-state index is 0.159. The van der Waals surface area contributed by atoms with Crippen molar-refractivity contribution < 1.29 is 9.21 Å². The van der Waals surface area contributed by atoms with Crippen LogP contribution in [0.5, 0.6) is 0 Å². The molecule has 0 aliphatic carbocycles. The lowest BCUT2D eigenvalue weighted by molar-refractivity contribution is -0.132. The van der Waals surface area contributed by atoms with Gasteiger partial charge in [0.25, 0.3) is 0 Å². The average Bonchev–Trinajstić information content (AvgIpc) is 3.19. The number of piperazine rings is 1. The van der Waals surface area contributed by atoms with Gasteiger partial charge in [0.15, 0.2) is 5.76 Å². The summed E-state index contributed by atoms with van der Waals surface area (Å²) in [5.74, 6) is 1.65. The van der Waals surface area contributed by atoms with Gasteiger partial charge in [0.1, 0.15) is 0 Å². The Morgan fingerprint density at radius 1 is 1.00 bits per heavy atom. The number of carbonyl (C=O) groups is 1. The van der Waals surface area contributed by atoms with Crippen LogP contribution in [0.3, 0.4) is 0 Å². The highest BCUT2D eigenvalue weighted by atomic mass is 16.4. The van der Waals surface area contributed by atoms with Crippen molar-refractivity contribution in [2.75, 3.05) is 31.9 Å². The van der Waals surface area contributed by atoms with E-state index in [0.29, 0.717) is 24.5 Å². The third-order valence-corrected chi connectivity index (χ3v) is 5.03. The predicted octanol–water partition coefficient (Wildman–Crippen LogP) is 2.81. The molecule has 2 aromatic carbocycles. The third-order valence-electron chi connectivity index (χ3n) is 5.03. The van der Waals surface area contributed by atoms with Crippen LogP contribution in [-0.2, 0) is 17.8 Å². The maximum absolute atomic E-state index is 12.5. The summed E-state index contributed by atoms with van der Waals surface area (Å²) in [4.78, 5) is 21.1. The number of nitrogens with two attached hydrogens (primary N) is 1. The Bertz CT molecular complexity index is 913. The number of hydrogen-bond acceptors (Lipinski definition) is 5. The molecule has 0 atom stereocenters. The van der Waals surface area contributed by atoms with Crippen molar-refractivity contribution in [3.8, 4) is 11.3 Å². The normalized spacial score (nSPS) is 14.9. The lowest BCUT2D eigenvalue weighted by Crippen LogP contribution is -2.48. The van der Waals surface area contributed by atoms with Gasteiger partial charge in [0.2, 0.25) is 11.8 Å². The van der Waals surface area contributed by atoms with E-state index in [1.54, 1.807) is 6.20 Å². The van der Waals surface area contributed by atoms with Crippen LogP contribution in [0.4, 0.5) is 5.69 Å². The summed E-state index contributed by atoms with van der Waals surface area (Å²) in [7, 11) is 0. The second-order valence-corrected chi connectivity index (χ2v) is 7.06. The SMILES string of the molecule is Nc1ccc(CC(=O)N2CCN(Cc3ncc(-c4ccccc4)o3)CC2)cc1. The highest BCUT2D eigenvalue weighted by Crippen LogP contribution is 2.20. The topological polar surface area (TPSA) is 75.6 Å². The molecule has 0 spiro atoms. The van der Waals surface area contributed by atoms with Crippen molar-refractivity contribution in [2.45, 2.75) is 13.0 Å². The van der Waals surface area contributed by atoms with E-state index in [2.05, 4.69) is 9.88 Å². The molecule has 6 nitrogen and oxygen atoms in total. The van der Waals surface area contributed by atoms with E-state index in [-0.39, 0.29) is 5.91 Å². The number of nitrogen functional groups attached to an aromatic ring is 1. The first kappa shape index (κ1) is 18.3. The van der Waals surface area contributed by atoms with Crippen molar-refractivity contribution in [1.29, 1.82) is 0 Å². The molecule has 0 bridgehead atoms. The fourth-order valence-corrected chi connectivity index (χ4v) is 3.39. The van der Waals surface area contributed by atoms with E-state index in [0.717, 1.165) is 43.1 Å². The summed E-state index contributed by atoms with van der Waals surface area (Å²) in [6, 6.07) is 17.5. The number of amides is 1. The van der Waals surface area contributed by atoms with Crippen LogP contribution in [0.25, 0.3) is 11.3 Å². The lowest BCUT2D eigenvalue weighted by Gasteiger charge is -2.34. The van der Waals surface area contributed by atoms with Crippen LogP contribution in [0, 0.1) is 0 Å². The Balaban J connectivity index is 1.28. The molecule has 0 saturated carbocycles. The molecular weight excluding hydrogens is 352 g/mol. The zero-order chi connectivity index (χ0) is 19.3. The predicted molar refractivity (Wildman–Crippen MR) is 108 cm³/mol. The number of hydrogen-bond donors (Lipinski definition) is 1. The van der Waals surface area contributed by atoms with E-state index in [1.807, 2.05) is 59.5 Å².